The molecule has 1 aromatic heterocycles. The minimum absolute atomic E-state index is 0.0308. The molecule has 0 spiro atoms. The number of para-hydroxylation sites is 1. The van der Waals surface area contributed by atoms with E-state index in [1.807, 2.05) is 77.6 Å². The van der Waals surface area contributed by atoms with Crippen LogP contribution in [0.15, 0.2) is 83.1 Å². The molecule has 3 amide bonds. The van der Waals surface area contributed by atoms with Crippen LogP contribution in [0.2, 0.25) is 0 Å². The predicted octanol–water partition coefficient (Wildman–Crippen LogP) is 3.56. The molecule has 2 aliphatic rings. The van der Waals surface area contributed by atoms with Crippen molar-refractivity contribution < 1.29 is 18.9 Å². The first-order chi connectivity index (χ1) is 16.0. The molecule has 7 nitrogen and oxygen atoms in total. The molecule has 2 aromatic carbocycles. The maximum atomic E-state index is 13.4. The summed E-state index contributed by atoms with van der Waals surface area (Å²) in [6.45, 7) is 0.580. The Morgan fingerprint density at radius 3 is 2.70 bits per heavy atom. The average molecular weight is 506 g/mol. The van der Waals surface area contributed by atoms with E-state index in [0.717, 1.165) is 32.6 Å². The number of methoxy groups -OCH3 is 1. The van der Waals surface area contributed by atoms with Crippen LogP contribution >= 0.6 is 15.9 Å². The molecular formula is C25H22BrN4O3+. The molecule has 1 unspecified atom stereocenters. The molecule has 0 bridgehead atoms. The van der Waals surface area contributed by atoms with E-state index in [-0.39, 0.29) is 24.5 Å². The zero-order valence-electron chi connectivity index (χ0n) is 17.9. The third-order valence-corrected chi connectivity index (χ3v) is 6.50. The lowest BCUT2D eigenvalue weighted by Gasteiger charge is -2.38. The maximum Gasteiger partial charge on any atom is 0.320 e. The lowest BCUT2D eigenvalue weighted by atomic mass is 9.88. The summed E-state index contributed by atoms with van der Waals surface area (Å²) in [7, 11) is 1.61. The van der Waals surface area contributed by atoms with Crippen LogP contribution in [0.1, 0.15) is 17.2 Å². The number of halogens is 1. The SMILES string of the molecule is COc1ccc(C2NC(=O)NC3=C2CN(C(=O)C[n+]2ccccc2)c2ccccc23)cc1Br. The Kier molecular flexibility index (Phi) is 5.60. The van der Waals surface area contributed by atoms with Crippen LogP contribution in [-0.4, -0.2) is 25.6 Å². The number of anilines is 1. The van der Waals surface area contributed by atoms with Crippen LogP contribution in [0.25, 0.3) is 5.70 Å². The topological polar surface area (TPSA) is 74.5 Å². The minimum atomic E-state index is -0.385. The van der Waals surface area contributed by atoms with Gasteiger partial charge in [0, 0.05) is 23.3 Å². The number of pyridine rings is 1. The largest absolute Gasteiger partial charge is 0.496 e. The molecule has 0 radical (unpaired) electrons. The number of rotatable bonds is 4. The molecule has 8 heteroatoms. The van der Waals surface area contributed by atoms with Crippen molar-refractivity contribution >= 4 is 39.3 Å². The van der Waals surface area contributed by atoms with E-state index >= 15 is 0 Å². The summed E-state index contributed by atoms with van der Waals surface area (Å²) in [6.07, 6.45) is 3.75. The minimum Gasteiger partial charge on any atom is -0.496 e. The van der Waals surface area contributed by atoms with Crippen LogP contribution < -0.4 is 24.8 Å². The Bertz CT molecular complexity index is 1280. The number of aromatic nitrogens is 1. The van der Waals surface area contributed by atoms with Gasteiger partial charge < -0.3 is 20.3 Å². The first-order valence-corrected chi connectivity index (χ1v) is 11.3. The Labute approximate surface area is 199 Å². The van der Waals surface area contributed by atoms with Crippen molar-refractivity contribution in [1.82, 2.24) is 10.6 Å². The van der Waals surface area contributed by atoms with E-state index in [1.165, 1.54) is 0 Å². The predicted molar refractivity (Wildman–Crippen MR) is 127 cm³/mol. The second kappa shape index (κ2) is 8.71. The highest BCUT2D eigenvalue weighted by Crippen LogP contribution is 2.41. The molecule has 0 saturated heterocycles. The fraction of sp³-hybridized carbons (Fsp3) is 0.160. The molecule has 5 rings (SSSR count). The van der Waals surface area contributed by atoms with Gasteiger partial charge in [0.2, 0.25) is 6.54 Å². The summed E-state index contributed by atoms with van der Waals surface area (Å²) in [5, 5.41) is 5.99. The van der Waals surface area contributed by atoms with Crippen molar-refractivity contribution in [2.45, 2.75) is 12.6 Å². The van der Waals surface area contributed by atoms with Crippen molar-refractivity contribution in [1.29, 1.82) is 0 Å². The Balaban J connectivity index is 1.57. The number of fused-ring (bicyclic) bond motifs is 2. The fourth-order valence-electron chi connectivity index (χ4n) is 4.33. The highest BCUT2D eigenvalue weighted by molar-refractivity contribution is 9.10. The summed E-state index contributed by atoms with van der Waals surface area (Å²) in [4.78, 5) is 27.8. The van der Waals surface area contributed by atoms with E-state index in [9.17, 15) is 9.59 Å². The number of amides is 3. The van der Waals surface area contributed by atoms with Crippen LogP contribution in [0, 0.1) is 0 Å². The van der Waals surface area contributed by atoms with Gasteiger partial charge in [-0.25, -0.2) is 4.79 Å². The molecule has 3 heterocycles. The van der Waals surface area contributed by atoms with Crippen LogP contribution in [0.4, 0.5) is 10.5 Å². The average Bonchev–Trinajstić information content (AvgIpc) is 2.83. The zero-order valence-corrected chi connectivity index (χ0v) is 19.5. The monoisotopic (exact) mass is 505 g/mol. The Morgan fingerprint density at radius 2 is 1.94 bits per heavy atom. The van der Waals surface area contributed by atoms with Crippen molar-refractivity contribution in [2.24, 2.45) is 0 Å². The number of ether oxygens (including phenoxy) is 1. The normalized spacial score (nSPS) is 17.0. The first-order valence-electron chi connectivity index (χ1n) is 10.5. The van der Waals surface area contributed by atoms with Gasteiger partial charge in [0.25, 0.3) is 5.91 Å². The highest BCUT2D eigenvalue weighted by atomic mass is 79.9. The molecule has 0 aliphatic carbocycles. The van der Waals surface area contributed by atoms with Gasteiger partial charge >= 0.3 is 6.03 Å². The lowest BCUT2D eigenvalue weighted by molar-refractivity contribution is -0.684. The number of benzene rings is 2. The van der Waals surface area contributed by atoms with Gasteiger partial charge in [-0.05, 0) is 39.7 Å². The van der Waals surface area contributed by atoms with Gasteiger partial charge in [0.1, 0.15) is 5.75 Å². The fourth-order valence-corrected chi connectivity index (χ4v) is 4.89. The number of hydrogen-bond donors (Lipinski definition) is 2. The third-order valence-electron chi connectivity index (χ3n) is 5.88. The van der Waals surface area contributed by atoms with Gasteiger partial charge in [-0.3, -0.25) is 4.79 Å². The molecule has 166 valence electrons. The number of urea groups is 1. The van der Waals surface area contributed by atoms with Crippen molar-refractivity contribution in [3.8, 4) is 5.75 Å². The van der Waals surface area contributed by atoms with Crippen LogP contribution in [0.3, 0.4) is 0 Å². The summed E-state index contributed by atoms with van der Waals surface area (Å²) >= 11 is 3.54. The van der Waals surface area contributed by atoms with E-state index in [1.54, 1.807) is 12.0 Å². The maximum absolute atomic E-state index is 13.4. The second-order valence-corrected chi connectivity index (χ2v) is 8.72. The van der Waals surface area contributed by atoms with Crippen molar-refractivity contribution in [3.05, 3.63) is 94.2 Å². The highest BCUT2D eigenvalue weighted by Gasteiger charge is 2.37. The van der Waals surface area contributed by atoms with Gasteiger partial charge in [-0.2, -0.15) is 4.57 Å². The molecule has 0 saturated carbocycles. The third kappa shape index (κ3) is 3.98. The van der Waals surface area contributed by atoms with Crippen LogP contribution in [-0.2, 0) is 11.3 Å². The first kappa shape index (κ1) is 21.2. The van der Waals surface area contributed by atoms with Crippen LogP contribution in [0.5, 0.6) is 5.75 Å². The van der Waals surface area contributed by atoms with Gasteiger partial charge in [0.05, 0.1) is 35.6 Å². The van der Waals surface area contributed by atoms with Gasteiger partial charge in [0.15, 0.2) is 12.4 Å². The van der Waals surface area contributed by atoms with Crippen molar-refractivity contribution in [3.63, 3.8) is 0 Å². The summed E-state index contributed by atoms with van der Waals surface area (Å²) in [6, 6.07) is 18.4. The van der Waals surface area contributed by atoms with Gasteiger partial charge in [-0.15, -0.1) is 0 Å². The molecule has 33 heavy (non-hydrogen) atoms. The molecule has 2 N–H and O–H groups in total. The second-order valence-electron chi connectivity index (χ2n) is 7.87. The molecule has 1 atom stereocenters. The molecule has 0 fully saturated rings. The standard InChI is InChI=1S/C25H21BrN4O3/c1-33-21-10-9-16(13-19(21)26)23-18-14-30(22(31)15-29-11-5-2-6-12-29)20-8-4-3-7-17(20)24(18)28-25(32)27-23/h2-13,23H,14-15H2,1H3,(H-,27,28,32)/p+1. The molecule has 3 aromatic rings. The lowest BCUT2D eigenvalue weighted by Crippen LogP contribution is -2.51. The summed E-state index contributed by atoms with van der Waals surface area (Å²) < 4.78 is 8.00. The summed E-state index contributed by atoms with van der Waals surface area (Å²) in [5.41, 5.74) is 4.20. The van der Waals surface area contributed by atoms with E-state index < -0.39 is 0 Å². The van der Waals surface area contributed by atoms with E-state index in [0.29, 0.717) is 12.3 Å². The quantitative estimate of drug-likeness (QED) is 0.532. The number of carbonyl (C=O) groups is 2. The Hall–Kier alpha value is -3.65. The Morgan fingerprint density at radius 1 is 1.15 bits per heavy atom. The van der Waals surface area contributed by atoms with E-state index in [2.05, 4.69) is 26.6 Å². The van der Waals surface area contributed by atoms with E-state index in [4.69, 9.17) is 4.74 Å². The number of hydrogen-bond acceptors (Lipinski definition) is 3. The number of carbonyl (C=O) groups excluding carboxylic acids is 2. The number of nitrogens with zero attached hydrogens (tertiary/aromatic N) is 2. The van der Waals surface area contributed by atoms with Crippen molar-refractivity contribution in [2.75, 3.05) is 18.6 Å². The smallest absolute Gasteiger partial charge is 0.320 e. The summed E-state index contributed by atoms with van der Waals surface area (Å²) in [5.74, 6) is 0.677. The number of nitrogens with one attached hydrogen (secondary N) is 2. The zero-order chi connectivity index (χ0) is 22.9. The molecule has 2 aliphatic heterocycles. The molecular weight excluding hydrogens is 484 g/mol. The van der Waals surface area contributed by atoms with Gasteiger partial charge in [-0.1, -0.05) is 30.3 Å².